The van der Waals surface area contributed by atoms with Crippen LogP contribution in [0, 0.1) is 5.82 Å². The first-order valence-corrected chi connectivity index (χ1v) is 8.62. The maximum Gasteiger partial charge on any atom is 0.309 e. The van der Waals surface area contributed by atoms with Crippen LogP contribution >= 0.6 is 0 Å². The molecule has 0 heterocycles. The Morgan fingerprint density at radius 3 is 2.72 bits per heavy atom. The van der Waals surface area contributed by atoms with E-state index in [1.54, 1.807) is 12.1 Å². The van der Waals surface area contributed by atoms with Gasteiger partial charge >= 0.3 is 11.8 Å². The fourth-order valence-corrected chi connectivity index (χ4v) is 2.86. The van der Waals surface area contributed by atoms with Crippen molar-refractivity contribution in [1.82, 2.24) is 10.6 Å². The van der Waals surface area contributed by atoms with Gasteiger partial charge in [0.25, 0.3) is 0 Å². The highest BCUT2D eigenvalue weighted by Gasteiger charge is 2.17. The number of carbonyl (C=O) groups excluding carboxylic acids is 2. The summed E-state index contributed by atoms with van der Waals surface area (Å²) in [4.78, 5) is 23.7. The summed E-state index contributed by atoms with van der Waals surface area (Å²) >= 11 is 0. The summed E-state index contributed by atoms with van der Waals surface area (Å²) in [5.41, 5.74) is 1.95. The minimum absolute atomic E-state index is 0.0946. The van der Waals surface area contributed by atoms with Gasteiger partial charge in [0.15, 0.2) is 0 Å². The van der Waals surface area contributed by atoms with E-state index < -0.39 is 17.9 Å². The minimum atomic E-state index is -0.712. The van der Waals surface area contributed by atoms with E-state index in [0.29, 0.717) is 12.1 Å². The van der Waals surface area contributed by atoms with E-state index in [-0.39, 0.29) is 12.4 Å². The lowest BCUT2D eigenvalue weighted by molar-refractivity contribution is -0.139. The third kappa shape index (κ3) is 6.31. The summed E-state index contributed by atoms with van der Waals surface area (Å²) in [6.07, 6.45) is 7.08. The number of benzene rings is 1. The Hall–Kier alpha value is -2.21. The van der Waals surface area contributed by atoms with Gasteiger partial charge in [0.2, 0.25) is 0 Å². The van der Waals surface area contributed by atoms with Gasteiger partial charge in [0, 0.05) is 20.2 Å². The maximum absolute atomic E-state index is 13.3. The minimum Gasteiger partial charge on any atom is -0.375 e. The van der Waals surface area contributed by atoms with Crippen molar-refractivity contribution in [3.63, 3.8) is 0 Å². The van der Waals surface area contributed by atoms with Crippen LogP contribution in [0.15, 0.2) is 35.9 Å². The van der Waals surface area contributed by atoms with Crippen molar-refractivity contribution in [1.29, 1.82) is 0 Å². The van der Waals surface area contributed by atoms with Gasteiger partial charge in [-0.05, 0) is 49.8 Å². The fraction of sp³-hybridized carbons (Fsp3) is 0.474. The van der Waals surface area contributed by atoms with E-state index in [0.717, 1.165) is 19.3 Å². The lowest BCUT2D eigenvalue weighted by Gasteiger charge is -2.16. The molecule has 1 aromatic carbocycles. The van der Waals surface area contributed by atoms with Gasteiger partial charge in [0.05, 0.1) is 6.10 Å². The van der Waals surface area contributed by atoms with E-state index >= 15 is 0 Å². The van der Waals surface area contributed by atoms with Gasteiger partial charge < -0.3 is 15.4 Å². The topological polar surface area (TPSA) is 67.4 Å². The highest BCUT2D eigenvalue weighted by atomic mass is 19.1. The maximum atomic E-state index is 13.3. The van der Waals surface area contributed by atoms with Gasteiger partial charge in [-0.2, -0.15) is 0 Å². The molecule has 1 atom stereocenters. The second-order valence-electron chi connectivity index (χ2n) is 6.10. The third-order valence-corrected chi connectivity index (χ3v) is 4.28. The first-order valence-electron chi connectivity index (χ1n) is 8.62. The van der Waals surface area contributed by atoms with Crippen LogP contribution in [0.1, 0.15) is 43.8 Å². The van der Waals surface area contributed by atoms with Crippen molar-refractivity contribution in [2.75, 3.05) is 20.2 Å². The van der Waals surface area contributed by atoms with Crippen LogP contribution in [0.5, 0.6) is 0 Å². The van der Waals surface area contributed by atoms with E-state index in [9.17, 15) is 14.0 Å². The summed E-state index contributed by atoms with van der Waals surface area (Å²) in [6.45, 7) is 0.549. The molecule has 25 heavy (non-hydrogen) atoms. The molecule has 0 aromatic heterocycles. The average Bonchev–Trinajstić information content (AvgIpc) is 2.63. The number of hydrogen-bond donors (Lipinski definition) is 2. The number of amides is 2. The van der Waals surface area contributed by atoms with Crippen LogP contribution in [-0.2, 0) is 14.3 Å². The largest absolute Gasteiger partial charge is 0.375 e. The van der Waals surface area contributed by atoms with E-state index in [1.807, 2.05) is 0 Å². The first kappa shape index (κ1) is 19.1. The molecule has 2 rings (SSSR count). The number of methoxy groups -OCH3 is 1. The Kier molecular flexibility index (Phi) is 7.60. The Morgan fingerprint density at radius 1 is 1.24 bits per heavy atom. The van der Waals surface area contributed by atoms with Gasteiger partial charge in [-0.3, -0.25) is 9.59 Å². The van der Waals surface area contributed by atoms with Crippen molar-refractivity contribution in [3.05, 3.63) is 47.3 Å². The van der Waals surface area contributed by atoms with Crippen molar-refractivity contribution in [2.24, 2.45) is 0 Å². The molecule has 1 aliphatic carbocycles. The molecule has 0 radical (unpaired) electrons. The monoisotopic (exact) mass is 348 g/mol. The lowest BCUT2D eigenvalue weighted by atomic mass is 9.97. The van der Waals surface area contributed by atoms with Crippen LogP contribution < -0.4 is 10.6 Å². The Balaban J connectivity index is 1.74. The normalized spacial score (nSPS) is 15.2. The number of halogens is 1. The molecule has 0 saturated heterocycles. The van der Waals surface area contributed by atoms with E-state index in [1.165, 1.54) is 37.7 Å². The van der Waals surface area contributed by atoms with Crippen molar-refractivity contribution in [2.45, 2.75) is 38.2 Å². The number of carbonyl (C=O) groups is 2. The molecule has 136 valence electrons. The molecule has 1 aromatic rings. The number of hydrogen-bond acceptors (Lipinski definition) is 3. The smallest absolute Gasteiger partial charge is 0.309 e. The zero-order chi connectivity index (χ0) is 18.1. The predicted molar refractivity (Wildman–Crippen MR) is 93.3 cm³/mol. The molecule has 0 bridgehead atoms. The molecule has 5 nitrogen and oxygen atoms in total. The molecule has 0 spiro atoms. The zero-order valence-electron chi connectivity index (χ0n) is 14.5. The average molecular weight is 348 g/mol. The first-order chi connectivity index (χ1) is 12.1. The predicted octanol–water partition coefficient (Wildman–Crippen LogP) is 2.64. The van der Waals surface area contributed by atoms with Crippen molar-refractivity contribution >= 4 is 11.8 Å². The summed E-state index contributed by atoms with van der Waals surface area (Å²) in [5, 5.41) is 5.15. The van der Waals surface area contributed by atoms with Crippen LogP contribution in [0.3, 0.4) is 0 Å². The number of nitrogens with one attached hydrogen (secondary N) is 2. The highest BCUT2D eigenvalue weighted by Crippen LogP contribution is 2.19. The van der Waals surface area contributed by atoms with Crippen LogP contribution in [0.4, 0.5) is 4.39 Å². The molecule has 1 aliphatic rings. The quantitative estimate of drug-likeness (QED) is 0.588. The fourth-order valence-electron chi connectivity index (χ4n) is 2.86. The van der Waals surface area contributed by atoms with Gasteiger partial charge in [0.1, 0.15) is 5.82 Å². The van der Waals surface area contributed by atoms with Gasteiger partial charge in [-0.25, -0.2) is 4.39 Å². The van der Waals surface area contributed by atoms with Crippen LogP contribution in [0.25, 0.3) is 0 Å². The van der Waals surface area contributed by atoms with Gasteiger partial charge in [-0.15, -0.1) is 0 Å². The SMILES string of the molecule is CO[C@H](CNC(=O)C(=O)NCCC1=CCCCC1)c1cccc(F)c1. The molecule has 6 heteroatoms. The lowest BCUT2D eigenvalue weighted by Crippen LogP contribution is -2.42. The molecule has 2 N–H and O–H groups in total. The number of allylic oxidation sites excluding steroid dienone is 1. The summed E-state index contributed by atoms with van der Waals surface area (Å²) in [6, 6.07) is 5.97. The molecular weight excluding hydrogens is 323 g/mol. The standard InChI is InChI=1S/C19H25FN2O3/c1-25-17(15-8-5-9-16(20)12-15)13-22-19(24)18(23)21-11-10-14-6-3-2-4-7-14/h5-6,8-9,12,17H,2-4,7,10-11,13H2,1H3,(H,21,23)(H,22,24)/t17-/m1/s1. The van der Waals surface area contributed by atoms with E-state index in [4.69, 9.17) is 4.74 Å². The molecule has 0 saturated carbocycles. The second-order valence-corrected chi connectivity index (χ2v) is 6.10. The summed E-state index contributed by atoms with van der Waals surface area (Å²) < 4.78 is 18.5. The molecule has 0 unspecified atom stereocenters. The number of rotatable bonds is 7. The third-order valence-electron chi connectivity index (χ3n) is 4.28. The van der Waals surface area contributed by atoms with Crippen LogP contribution in [0.2, 0.25) is 0 Å². The van der Waals surface area contributed by atoms with Crippen molar-refractivity contribution in [3.8, 4) is 0 Å². The van der Waals surface area contributed by atoms with Crippen molar-refractivity contribution < 1.29 is 18.7 Å². The Morgan fingerprint density at radius 2 is 2.04 bits per heavy atom. The molecule has 0 aliphatic heterocycles. The molecular formula is C19H25FN2O3. The zero-order valence-corrected chi connectivity index (χ0v) is 14.5. The molecule has 2 amide bonds. The Bertz CT molecular complexity index is 631. The Labute approximate surface area is 147 Å². The van der Waals surface area contributed by atoms with E-state index in [2.05, 4.69) is 16.7 Å². The highest BCUT2D eigenvalue weighted by molar-refractivity contribution is 6.35. The summed E-state index contributed by atoms with van der Waals surface area (Å²) in [7, 11) is 1.47. The van der Waals surface area contributed by atoms with Crippen LogP contribution in [-0.4, -0.2) is 32.0 Å². The second kappa shape index (κ2) is 9.93. The number of ether oxygens (including phenoxy) is 1. The molecule has 0 fully saturated rings. The van der Waals surface area contributed by atoms with Gasteiger partial charge in [-0.1, -0.05) is 23.8 Å². The summed E-state index contributed by atoms with van der Waals surface area (Å²) in [5.74, 6) is -1.75.